The van der Waals surface area contributed by atoms with Crippen LogP contribution in [0.25, 0.3) is 11.0 Å². The van der Waals surface area contributed by atoms with Gasteiger partial charge in [-0.25, -0.2) is 0 Å². The smallest absolute Gasteiger partial charge is 0.148 e. The fourth-order valence-electron chi connectivity index (χ4n) is 2.23. The van der Waals surface area contributed by atoms with Gasteiger partial charge in [-0.1, -0.05) is 19.1 Å². The second-order valence-corrected chi connectivity index (χ2v) is 7.09. The van der Waals surface area contributed by atoms with Crippen molar-refractivity contribution < 1.29 is 4.42 Å². The summed E-state index contributed by atoms with van der Waals surface area (Å²) in [6.45, 7) is 2.99. The van der Waals surface area contributed by atoms with Crippen LogP contribution in [0.1, 0.15) is 23.6 Å². The minimum absolute atomic E-state index is 0.0775. The average molecular weight is 415 g/mol. The average Bonchev–Trinajstić information content (AvgIpc) is 3.03. The van der Waals surface area contributed by atoms with Gasteiger partial charge in [-0.3, -0.25) is 0 Å². The first kappa shape index (κ1) is 14.3. The number of hydrogen-bond acceptors (Lipinski definition) is 3. The lowest BCUT2D eigenvalue weighted by Gasteiger charge is -2.14. The Morgan fingerprint density at radius 2 is 2.10 bits per heavy atom. The summed E-state index contributed by atoms with van der Waals surface area (Å²) < 4.78 is 8.17. The maximum atomic E-state index is 6.07. The van der Waals surface area contributed by atoms with E-state index >= 15 is 0 Å². The molecular formula is C15H13Br2NOS. The Bertz CT molecular complexity index is 734. The maximum Gasteiger partial charge on any atom is 0.148 e. The largest absolute Gasteiger partial charge is 0.458 e. The van der Waals surface area contributed by atoms with Crippen molar-refractivity contribution in [1.82, 2.24) is 5.32 Å². The second-order valence-electron chi connectivity index (χ2n) is 4.43. The quantitative estimate of drug-likeness (QED) is 0.590. The topological polar surface area (TPSA) is 25.2 Å². The predicted molar refractivity (Wildman–Crippen MR) is 91.5 cm³/mol. The van der Waals surface area contributed by atoms with E-state index in [0.29, 0.717) is 0 Å². The number of para-hydroxylation sites is 1. The lowest BCUT2D eigenvalue weighted by Crippen LogP contribution is -2.20. The van der Waals surface area contributed by atoms with Crippen molar-refractivity contribution in [3.8, 4) is 0 Å². The summed E-state index contributed by atoms with van der Waals surface area (Å²) in [6.07, 6.45) is 0. The van der Waals surface area contributed by atoms with Crippen molar-refractivity contribution in [3.05, 3.63) is 55.3 Å². The molecule has 2 nitrogen and oxygen atoms in total. The van der Waals surface area contributed by atoms with Gasteiger partial charge in [0.25, 0.3) is 0 Å². The van der Waals surface area contributed by atoms with Crippen molar-refractivity contribution in [3.63, 3.8) is 0 Å². The molecule has 2 heterocycles. The maximum absolute atomic E-state index is 6.07. The number of halogens is 2. The third kappa shape index (κ3) is 2.60. The third-order valence-corrected chi connectivity index (χ3v) is 5.67. The van der Waals surface area contributed by atoms with Gasteiger partial charge in [0.1, 0.15) is 17.4 Å². The van der Waals surface area contributed by atoms with Crippen LogP contribution < -0.4 is 5.32 Å². The molecule has 20 heavy (non-hydrogen) atoms. The van der Waals surface area contributed by atoms with Gasteiger partial charge in [-0.05, 0) is 62.0 Å². The monoisotopic (exact) mass is 413 g/mol. The van der Waals surface area contributed by atoms with Gasteiger partial charge in [0.15, 0.2) is 0 Å². The van der Waals surface area contributed by atoms with E-state index in [0.717, 1.165) is 32.2 Å². The van der Waals surface area contributed by atoms with Gasteiger partial charge in [0.05, 0.1) is 4.47 Å². The SMILES string of the molecule is CCNC(c1cc2cccc(Br)c2o1)c1sccc1Br. The molecule has 104 valence electrons. The lowest BCUT2D eigenvalue weighted by atomic mass is 10.1. The van der Waals surface area contributed by atoms with Crippen LogP contribution in [0.2, 0.25) is 0 Å². The molecule has 0 bridgehead atoms. The van der Waals surface area contributed by atoms with E-state index in [-0.39, 0.29) is 6.04 Å². The third-order valence-electron chi connectivity index (χ3n) is 3.11. The molecule has 0 amide bonds. The highest BCUT2D eigenvalue weighted by Gasteiger charge is 2.21. The summed E-state index contributed by atoms with van der Waals surface area (Å²) in [6, 6.07) is 10.4. The molecule has 0 fully saturated rings. The van der Waals surface area contributed by atoms with Crippen molar-refractivity contribution in [1.29, 1.82) is 0 Å². The van der Waals surface area contributed by atoms with Crippen LogP contribution in [-0.2, 0) is 0 Å². The lowest BCUT2D eigenvalue weighted by molar-refractivity contribution is 0.479. The molecule has 0 aliphatic carbocycles. The van der Waals surface area contributed by atoms with E-state index in [1.807, 2.05) is 12.1 Å². The number of hydrogen-bond donors (Lipinski definition) is 1. The molecule has 1 aromatic carbocycles. The van der Waals surface area contributed by atoms with E-state index in [4.69, 9.17) is 4.42 Å². The Morgan fingerprint density at radius 3 is 2.75 bits per heavy atom. The van der Waals surface area contributed by atoms with Crippen LogP contribution in [0.3, 0.4) is 0 Å². The van der Waals surface area contributed by atoms with Gasteiger partial charge >= 0.3 is 0 Å². The van der Waals surface area contributed by atoms with Crippen LogP contribution in [0.5, 0.6) is 0 Å². The van der Waals surface area contributed by atoms with Gasteiger partial charge < -0.3 is 9.73 Å². The molecule has 0 saturated carbocycles. The van der Waals surface area contributed by atoms with Crippen molar-refractivity contribution in [2.24, 2.45) is 0 Å². The second kappa shape index (κ2) is 6.02. The summed E-state index contributed by atoms with van der Waals surface area (Å²) >= 11 is 8.88. The number of thiophene rings is 1. The van der Waals surface area contributed by atoms with Crippen LogP contribution >= 0.6 is 43.2 Å². The van der Waals surface area contributed by atoms with E-state index in [1.165, 1.54) is 4.88 Å². The number of rotatable bonds is 4. The van der Waals surface area contributed by atoms with Crippen molar-refractivity contribution >= 4 is 54.2 Å². The summed E-state index contributed by atoms with van der Waals surface area (Å²) in [5.74, 6) is 0.942. The summed E-state index contributed by atoms with van der Waals surface area (Å²) in [5, 5.41) is 6.70. The molecule has 0 aliphatic rings. The Kier molecular flexibility index (Phi) is 4.31. The van der Waals surface area contributed by atoms with E-state index in [2.05, 4.69) is 67.7 Å². The number of furan rings is 1. The Hall–Kier alpha value is -0.620. The van der Waals surface area contributed by atoms with Gasteiger partial charge in [0.2, 0.25) is 0 Å². The van der Waals surface area contributed by atoms with Crippen LogP contribution in [0.15, 0.2) is 49.1 Å². The fourth-order valence-corrected chi connectivity index (χ4v) is 4.37. The molecule has 0 saturated heterocycles. The Labute approximate surface area is 138 Å². The fraction of sp³-hybridized carbons (Fsp3) is 0.200. The van der Waals surface area contributed by atoms with Gasteiger partial charge in [-0.15, -0.1) is 11.3 Å². The number of nitrogens with one attached hydrogen (secondary N) is 1. The molecule has 3 aromatic rings. The zero-order valence-electron chi connectivity index (χ0n) is 10.8. The first-order valence-electron chi connectivity index (χ1n) is 6.35. The first-order chi connectivity index (χ1) is 9.70. The van der Waals surface area contributed by atoms with Crippen LogP contribution in [0.4, 0.5) is 0 Å². The highest BCUT2D eigenvalue weighted by Crippen LogP contribution is 2.36. The molecular weight excluding hydrogens is 402 g/mol. The van der Waals surface area contributed by atoms with Crippen molar-refractivity contribution in [2.75, 3.05) is 6.54 Å². The van der Waals surface area contributed by atoms with Crippen LogP contribution in [0, 0.1) is 0 Å². The number of fused-ring (bicyclic) bond motifs is 1. The van der Waals surface area contributed by atoms with E-state index in [9.17, 15) is 0 Å². The minimum atomic E-state index is 0.0775. The highest BCUT2D eigenvalue weighted by molar-refractivity contribution is 9.11. The number of benzene rings is 1. The van der Waals surface area contributed by atoms with Crippen molar-refractivity contribution in [2.45, 2.75) is 13.0 Å². The van der Waals surface area contributed by atoms with Gasteiger partial charge in [0, 0.05) is 14.7 Å². The molecule has 1 unspecified atom stereocenters. The molecule has 1 atom stereocenters. The standard InChI is InChI=1S/C15H13Br2NOS/c1-2-18-13(15-11(17)6-7-20-15)12-8-9-4-3-5-10(16)14(9)19-12/h3-8,13,18H,2H2,1H3. The summed E-state index contributed by atoms with van der Waals surface area (Å²) in [7, 11) is 0. The Morgan fingerprint density at radius 1 is 1.25 bits per heavy atom. The summed E-state index contributed by atoms with van der Waals surface area (Å²) in [4.78, 5) is 1.24. The predicted octanol–water partition coefficient (Wildman–Crippen LogP) is 5.72. The Balaban J connectivity index is 2.10. The van der Waals surface area contributed by atoms with Gasteiger partial charge in [-0.2, -0.15) is 0 Å². The van der Waals surface area contributed by atoms with E-state index < -0.39 is 0 Å². The zero-order valence-corrected chi connectivity index (χ0v) is 14.8. The van der Waals surface area contributed by atoms with E-state index in [1.54, 1.807) is 11.3 Å². The normalized spacial score (nSPS) is 12.9. The molecule has 0 radical (unpaired) electrons. The zero-order chi connectivity index (χ0) is 14.1. The molecule has 5 heteroatoms. The molecule has 0 aliphatic heterocycles. The highest BCUT2D eigenvalue weighted by atomic mass is 79.9. The molecule has 0 spiro atoms. The molecule has 3 rings (SSSR count). The summed E-state index contributed by atoms with van der Waals surface area (Å²) in [5.41, 5.74) is 0.901. The first-order valence-corrected chi connectivity index (χ1v) is 8.81. The minimum Gasteiger partial charge on any atom is -0.458 e. The van der Waals surface area contributed by atoms with Crippen LogP contribution in [-0.4, -0.2) is 6.54 Å². The molecule has 1 N–H and O–H groups in total. The molecule has 2 aromatic heterocycles.